The highest BCUT2D eigenvalue weighted by molar-refractivity contribution is 4.65. The maximum absolute atomic E-state index is 2.28. The van der Waals surface area contributed by atoms with Gasteiger partial charge in [-0.1, -0.05) is 60.3 Å². The largest absolute Gasteiger partial charge is 0.0683 e. The van der Waals surface area contributed by atoms with Gasteiger partial charge in [-0.25, -0.2) is 0 Å². The summed E-state index contributed by atoms with van der Waals surface area (Å²) < 4.78 is 0. The lowest BCUT2D eigenvalue weighted by molar-refractivity contribution is 0.886. The van der Waals surface area contributed by atoms with Crippen molar-refractivity contribution in [2.24, 2.45) is 5.92 Å². The molecule has 1 fully saturated rings. The summed E-state index contributed by atoms with van der Waals surface area (Å²) in [5.74, 6) is 1.08. The van der Waals surface area contributed by atoms with Crippen molar-refractivity contribution in [3.05, 3.63) is 0 Å². The average molecular weight is 144 g/mol. The Hall–Kier alpha value is 0. The van der Waals surface area contributed by atoms with Crippen LogP contribution in [-0.2, 0) is 0 Å². The van der Waals surface area contributed by atoms with Gasteiger partial charge >= 0.3 is 0 Å². The molecule has 0 heterocycles. The van der Waals surface area contributed by atoms with Crippen LogP contribution in [0.2, 0.25) is 0 Å². The topological polar surface area (TPSA) is 0 Å². The van der Waals surface area contributed by atoms with Gasteiger partial charge in [0.1, 0.15) is 0 Å². The zero-order valence-electron chi connectivity index (χ0n) is 8.41. The van der Waals surface area contributed by atoms with E-state index in [9.17, 15) is 0 Å². The van der Waals surface area contributed by atoms with Gasteiger partial charge in [-0.2, -0.15) is 0 Å². The van der Waals surface area contributed by atoms with Gasteiger partial charge in [0, 0.05) is 0 Å². The minimum absolute atomic E-state index is 1.08. The Morgan fingerprint density at radius 3 is 1.20 bits per heavy atom. The van der Waals surface area contributed by atoms with E-state index in [2.05, 4.69) is 20.8 Å². The molecule has 0 aromatic carbocycles. The third-order valence-corrected chi connectivity index (χ3v) is 1.37. The highest BCUT2D eigenvalue weighted by atomic mass is 14.2. The molecule has 0 aromatic heterocycles. The lowest BCUT2D eigenvalue weighted by atomic mass is 10.4. The zero-order valence-corrected chi connectivity index (χ0v) is 8.41. The van der Waals surface area contributed by atoms with E-state index in [0.29, 0.717) is 0 Å². The molecule has 0 heteroatoms. The zero-order chi connectivity index (χ0) is 8.41. The summed E-state index contributed by atoms with van der Waals surface area (Å²) in [5.41, 5.74) is 0. The first-order valence-corrected chi connectivity index (χ1v) is 4.81. The summed E-state index contributed by atoms with van der Waals surface area (Å²) in [4.78, 5) is 0. The second kappa shape index (κ2) is 11.8. The maximum atomic E-state index is 2.28. The molecule has 1 saturated carbocycles. The second-order valence-electron chi connectivity index (χ2n) is 2.68. The van der Waals surface area contributed by atoms with E-state index >= 15 is 0 Å². The van der Waals surface area contributed by atoms with Gasteiger partial charge in [-0.3, -0.25) is 0 Å². The van der Waals surface area contributed by atoms with E-state index in [-0.39, 0.29) is 0 Å². The van der Waals surface area contributed by atoms with Crippen molar-refractivity contribution in [2.75, 3.05) is 0 Å². The van der Waals surface area contributed by atoms with Crippen LogP contribution in [0.15, 0.2) is 0 Å². The van der Waals surface area contributed by atoms with Gasteiger partial charge in [0.25, 0.3) is 0 Å². The quantitative estimate of drug-likeness (QED) is 0.516. The molecule has 0 atom stereocenters. The molecule has 0 saturated heterocycles. The Morgan fingerprint density at radius 1 is 1.00 bits per heavy atom. The highest BCUT2D eigenvalue weighted by Gasteiger charge is 2.12. The Morgan fingerprint density at radius 2 is 1.20 bits per heavy atom. The summed E-state index contributed by atoms with van der Waals surface area (Å²) in [6, 6.07) is 0. The van der Waals surface area contributed by atoms with Crippen molar-refractivity contribution < 1.29 is 0 Å². The molecule has 0 radical (unpaired) electrons. The first kappa shape index (κ1) is 12.7. The van der Waals surface area contributed by atoms with Gasteiger partial charge in [0.15, 0.2) is 0 Å². The predicted octanol–water partition coefficient (Wildman–Crippen LogP) is 4.25. The molecule has 0 spiro atoms. The summed E-state index contributed by atoms with van der Waals surface area (Å²) in [6.07, 6.45) is 5.61. The Labute approximate surface area is 67.0 Å². The summed E-state index contributed by atoms with van der Waals surface area (Å²) in [6.45, 7) is 10.6. The van der Waals surface area contributed by atoms with Crippen molar-refractivity contribution in [3.8, 4) is 0 Å². The van der Waals surface area contributed by atoms with Crippen molar-refractivity contribution in [1.82, 2.24) is 0 Å². The van der Waals surface area contributed by atoms with Crippen LogP contribution < -0.4 is 0 Å². The minimum atomic E-state index is 1.08. The Kier molecular flexibility index (Phi) is 14.9. The molecular formula is C10H24. The molecule has 1 rings (SSSR count). The third-order valence-electron chi connectivity index (χ3n) is 1.37. The Bertz CT molecular complexity index is 33.3. The van der Waals surface area contributed by atoms with Crippen molar-refractivity contribution in [3.63, 3.8) is 0 Å². The van der Waals surface area contributed by atoms with E-state index < -0.39 is 0 Å². The second-order valence-corrected chi connectivity index (χ2v) is 2.68. The van der Waals surface area contributed by atoms with Crippen LogP contribution in [0.1, 0.15) is 60.3 Å². The first-order chi connectivity index (χ1) is 4.81. The van der Waals surface area contributed by atoms with E-state index in [1.807, 2.05) is 13.8 Å². The standard InChI is InChI=1S/C4H8.C4H10.C2H6/c1-4-2-3-4;1-3-4-2;1-2/h4H,2-3H2,1H3;3-4H2,1-2H3;1-2H3. The molecule has 0 nitrogen and oxygen atoms in total. The van der Waals surface area contributed by atoms with E-state index in [1.54, 1.807) is 0 Å². The van der Waals surface area contributed by atoms with Crippen LogP contribution >= 0.6 is 0 Å². The number of hydrogen-bond donors (Lipinski definition) is 0. The fraction of sp³-hybridized carbons (Fsp3) is 1.00. The minimum Gasteiger partial charge on any atom is -0.0683 e. The first-order valence-electron chi connectivity index (χ1n) is 4.81. The fourth-order valence-corrected chi connectivity index (χ4v) is 0.167. The van der Waals surface area contributed by atoms with E-state index in [4.69, 9.17) is 0 Å². The highest BCUT2D eigenvalue weighted by Crippen LogP contribution is 2.26. The molecule has 0 unspecified atom stereocenters. The molecular weight excluding hydrogens is 120 g/mol. The van der Waals surface area contributed by atoms with Crippen LogP contribution in [0.3, 0.4) is 0 Å². The van der Waals surface area contributed by atoms with Crippen LogP contribution in [0.4, 0.5) is 0 Å². The number of hydrogen-bond acceptors (Lipinski definition) is 0. The van der Waals surface area contributed by atoms with Crippen LogP contribution in [0, 0.1) is 5.92 Å². The van der Waals surface area contributed by atoms with Gasteiger partial charge in [-0.15, -0.1) is 0 Å². The molecule has 0 bridgehead atoms. The Balaban J connectivity index is 0. The number of unbranched alkanes of at least 4 members (excludes halogenated alkanes) is 1. The van der Waals surface area contributed by atoms with Crippen molar-refractivity contribution >= 4 is 0 Å². The average Bonchev–Trinajstić information content (AvgIpc) is 2.77. The van der Waals surface area contributed by atoms with E-state index in [0.717, 1.165) is 5.92 Å². The van der Waals surface area contributed by atoms with Crippen LogP contribution in [0.25, 0.3) is 0 Å². The molecule has 0 aromatic rings. The van der Waals surface area contributed by atoms with Gasteiger partial charge < -0.3 is 0 Å². The van der Waals surface area contributed by atoms with Gasteiger partial charge in [0.2, 0.25) is 0 Å². The lowest BCUT2D eigenvalue weighted by Crippen LogP contribution is -1.47. The lowest BCUT2D eigenvalue weighted by Gasteiger charge is -1.68. The monoisotopic (exact) mass is 144 g/mol. The maximum Gasteiger partial charge on any atom is -0.0443 e. The molecule has 0 amide bonds. The predicted molar refractivity (Wildman–Crippen MR) is 50.3 cm³/mol. The third kappa shape index (κ3) is 24.5. The van der Waals surface area contributed by atoms with Crippen molar-refractivity contribution in [2.45, 2.75) is 60.3 Å². The normalized spacial score (nSPS) is 14.1. The fourth-order valence-electron chi connectivity index (χ4n) is 0.167. The smallest absolute Gasteiger partial charge is 0.0443 e. The molecule has 64 valence electrons. The summed E-state index contributed by atoms with van der Waals surface area (Å²) >= 11 is 0. The summed E-state index contributed by atoms with van der Waals surface area (Å²) in [7, 11) is 0. The molecule has 10 heavy (non-hydrogen) atoms. The van der Waals surface area contributed by atoms with Crippen molar-refractivity contribution in [1.29, 1.82) is 0 Å². The molecule has 1 aliphatic carbocycles. The summed E-state index contributed by atoms with van der Waals surface area (Å²) in [5, 5.41) is 0. The van der Waals surface area contributed by atoms with Crippen LogP contribution in [0.5, 0.6) is 0 Å². The molecule has 0 aliphatic heterocycles. The molecule has 0 N–H and O–H groups in total. The molecule has 1 aliphatic rings. The SMILES string of the molecule is CC.CC1CC1.CCCC. The van der Waals surface area contributed by atoms with Gasteiger partial charge in [-0.05, 0) is 5.92 Å². The number of rotatable bonds is 1. The van der Waals surface area contributed by atoms with Gasteiger partial charge in [0.05, 0.1) is 0 Å². The van der Waals surface area contributed by atoms with E-state index in [1.165, 1.54) is 25.7 Å². The van der Waals surface area contributed by atoms with Crippen LogP contribution in [-0.4, -0.2) is 0 Å².